The topological polar surface area (TPSA) is 77.4 Å². The van der Waals surface area contributed by atoms with Gasteiger partial charge >= 0.3 is 0 Å². The predicted octanol–water partition coefficient (Wildman–Crippen LogP) is 0.0112. The average molecular weight is 262 g/mol. The molecule has 2 rings (SSSR count). The van der Waals surface area contributed by atoms with Gasteiger partial charge in [0, 0.05) is 0 Å². The minimum absolute atomic E-state index is 0.160. The summed E-state index contributed by atoms with van der Waals surface area (Å²) in [5.41, 5.74) is 0. The molecule has 0 aromatic carbocycles. The molecule has 0 saturated carbocycles. The van der Waals surface area contributed by atoms with Gasteiger partial charge in [-0.05, 0) is 27.7 Å². The Hall–Kier alpha value is -0.240. The van der Waals surface area contributed by atoms with Crippen LogP contribution in [0.3, 0.4) is 0 Å². The van der Waals surface area contributed by atoms with Crippen LogP contribution in [0.2, 0.25) is 0 Å². The lowest BCUT2D eigenvalue weighted by Gasteiger charge is -2.24. The van der Waals surface area contributed by atoms with Crippen LogP contribution < -0.4 is 0 Å². The first-order chi connectivity index (χ1) is 8.28. The molecule has 2 fully saturated rings. The summed E-state index contributed by atoms with van der Waals surface area (Å²) in [5, 5.41) is 18.7. The van der Waals surface area contributed by atoms with Gasteiger partial charge in [-0.25, -0.2) is 0 Å². The SMILES string of the molecule is CC1(C)O[C@H]([C@H]2OC(C)(C)O[C@@H]2CO)[C@H](CO)O1. The lowest BCUT2D eigenvalue weighted by atomic mass is 10.0. The van der Waals surface area contributed by atoms with Crippen molar-refractivity contribution in [2.75, 3.05) is 13.2 Å². The molecular weight excluding hydrogens is 240 g/mol. The molecule has 2 N–H and O–H groups in total. The zero-order valence-corrected chi connectivity index (χ0v) is 11.3. The third kappa shape index (κ3) is 2.68. The summed E-state index contributed by atoms with van der Waals surface area (Å²) in [4.78, 5) is 0. The Labute approximate surface area is 107 Å². The Morgan fingerprint density at radius 3 is 1.33 bits per heavy atom. The largest absolute Gasteiger partial charge is 0.394 e. The first-order valence-electron chi connectivity index (χ1n) is 6.21. The van der Waals surface area contributed by atoms with Crippen molar-refractivity contribution in [1.29, 1.82) is 0 Å². The Morgan fingerprint density at radius 2 is 1.06 bits per heavy atom. The number of hydrogen-bond acceptors (Lipinski definition) is 6. The molecule has 0 radical (unpaired) electrons. The predicted molar refractivity (Wildman–Crippen MR) is 61.8 cm³/mol. The van der Waals surface area contributed by atoms with Crippen LogP contribution in [0.25, 0.3) is 0 Å². The first kappa shape index (κ1) is 14.2. The maximum Gasteiger partial charge on any atom is 0.164 e. The third-order valence-corrected chi connectivity index (χ3v) is 3.13. The van der Waals surface area contributed by atoms with Gasteiger partial charge in [-0.2, -0.15) is 0 Å². The fourth-order valence-corrected chi connectivity index (χ4v) is 2.57. The summed E-state index contributed by atoms with van der Waals surface area (Å²) in [5.74, 6) is -1.54. The van der Waals surface area contributed by atoms with E-state index in [1.54, 1.807) is 27.7 Å². The monoisotopic (exact) mass is 262 g/mol. The fraction of sp³-hybridized carbons (Fsp3) is 1.00. The summed E-state index contributed by atoms with van der Waals surface area (Å²) < 4.78 is 22.7. The lowest BCUT2D eigenvalue weighted by molar-refractivity contribution is -0.175. The smallest absolute Gasteiger partial charge is 0.164 e. The second kappa shape index (κ2) is 4.70. The quantitative estimate of drug-likeness (QED) is 0.746. The highest BCUT2D eigenvalue weighted by atomic mass is 16.8. The summed E-state index contributed by atoms with van der Waals surface area (Å²) in [6, 6.07) is 0. The highest BCUT2D eigenvalue weighted by Gasteiger charge is 2.53. The maximum atomic E-state index is 9.35. The van der Waals surface area contributed by atoms with Crippen LogP contribution in [0, 0.1) is 0 Å². The van der Waals surface area contributed by atoms with E-state index in [9.17, 15) is 10.2 Å². The zero-order valence-electron chi connectivity index (χ0n) is 11.3. The van der Waals surface area contributed by atoms with Gasteiger partial charge in [0.25, 0.3) is 0 Å². The lowest BCUT2D eigenvalue weighted by Crippen LogP contribution is -2.44. The summed E-state index contributed by atoms with van der Waals surface area (Å²) in [6.45, 7) is 6.81. The third-order valence-electron chi connectivity index (χ3n) is 3.13. The van der Waals surface area contributed by atoms with Crippen LogP contribution in [0.1, 0.15) is 27.7 Å². The average Bonchev–Trinajstić information content (AvgIpc) is 2.74. The van der Waals surface area contributed by atoms with Crippen molar-refractivity contribution >= 4 is 0 Å². The normalized spacial score (nSPS) is 42.3. The van der Waals surface area contributed by atoms with Gasteiger partial charge in [0.05, 0.1) is 13.2 Å². The molecule has 0 amide bonds. The van der Waals surface area contributed by atoms with Crippen LogP contribution >= 0.6 is 0 Å². The number of hydrogen-bond donors (Lipinski definition) is 2. The highest BCUT2D eigenvalue weighted by Crippen LogP contribution is 2.38. The molecule has 18 heavy (non-hydrogen) atoms. The van der Waals surface area contributed by atoms with E-state index in [1.165, 1.54) is 0 Å². The van der Waals surface area contributed by atoms with Gasteiger partial charge < -0.3 is 29.2 Å². The molecular formula is C12H22O6. The number of aliphatic hydroxyl groups excluding tert-OH is 2. The van der Waals surface area contributed by atoms with Crippen molar-refractivity contribution in [3.63, 3.8) is 0 Å². The molecule has 0 spiro atoms. The summed E-state index contributed by atoms with van der Waals surface area (Å²) >= 11 is 0. The van der Waals surface area contributed by atoms with E-state index in [4.69, 9.17) is 18.9 Å². The van der Waals surface area contributed by atoms with E-state index in [2.05, 4.69) is 0 Å². The second-order valence-electron chi connectivity index (χ2n) is 5.64. The van der Waals surface area contributed by atoms with Gasteiger partial charge in [-0.3, -0.25) is 0 Å². The van der Waals surface area contributed by atoms with E-state index in [0.29, 0.717) is 0 Å². The van der Waals surface area contributed by atoms with Crippen molar-refractivity contribution in [2.45, 2.75) is 63.7 Å². The van der Waals surface area contributed by atoms with Crippen molar-refractivity contribution in [3.8, 4) is 0 Å². The number of rotatable bonds is 3. The molecule has 0 aromatic heterocycles. The van der Waals surface area contributed by atoms with Gasteiger partial charge in [-0.1, -0.05) is 0 Å². The van der Waals surface area contributed by atoms with Gasteiger partial charge in [0.2, 0.25) is 0 Å². The van der Waals surface area contributed by atoms with Crippen molar-refractivity contribution in [3.05, 3.63) is 0 Å². The van der Waals surface area contributed by atoms with Crippen LogP contribution in [-0.2, 0) is 18.9 Å². The summed E-state index contributed by atoms with van der Waals surface area (Å²) in [6.07, 6.45) is -1.86. The molecule has 106 valence electrons. The Bertz CT molecular complexity index is 273. The van der Waals surface area contributed by atoms with E-state index in [1.807, 2.05) is 0 Å². The molecule has 4 atom stereocenters. The highest BCUT2D eigenvalue weighted by molar-refractivity contribution is 4.94. The standard InChI is InChI=1S/C12H22O6/c1-11(2)15-7(5-13)9(17-11)10-8(6-14)16-12(3,4)18-10/h7-10,13-14H,5-6H2,1-4H3/t7-,8+,9-,10-/m0/s1. The van der Waals surface area contributed by atoms with Crippen LogP contribution in [0.4, 0.5) is 0 Å². The second-order valence-corrected chi connectivity index (χ2v) is 5.64. The molecule has 0 bridgehead atoms. The van der Waals surface area contributed by atoms with E-state index < -0.39 is 36.0 Å². The summed E-state index contributed by atoms with van der Waals surface area (Å²) in [7, 11) is 0. The fourth-order valence-electron chi connectivity index (χ4n) is 2.57. The molecule has 6 heteroatoms. The molecule has 0 unspecified atom stereocenters. The van der Waals surface area contributed by atoms with Crippen LogP contribution in [0.5, 0.6) is 0 Å². The van der Waals surface area contributed by atoms with Crippen LogP contribution in [0.15, 0.2) is 0 Å². The van der Waals surface area contributed by atoms with Crippen molar-refractivity contribution in [2.24, 2.45) is 0 Å². The van der Waals surface area contributed by atoms with Gasteiger partial charge in [0.15, 0.2) is 11.6 Å². The zero-order chi connectivity index (χ0) is 13.6. The minimum atomic E-state index is -0.770. The number of ether oxygens (including phenoxy) is 4. The van der Waals surface area contributed by atoms with E-state index >= 15 is 0 Å². The molecule has 0 aromatic rings. The first-order valence-corrected chi connectivity index (χ1v) is 6.21. The van der Waals surface area contributed by atoms with E-state index in [-0.39, 0.29) is 13.2 Å². The molecule has 0 aliphatic carbocycles. The maximum absolute atomic E-state index is 9.35. The Morgan fingerprint density at radius 1 is 0.722 bits per heavy atom. The Balaban J connectivity index is 2.15. The van der Waals surface area contributed by atoms with Crippen LogP contribution in [-0.4, -0.2) is 59.4 Å². The molecule has 2 aliphatic heterocycles. The Kier molecular flexibility index (Phi) is 3.70. The van der Waals surface area contributed by atoms with E-state index in [0.717, 1.165) is 0 Å². The minimum Gasteiger partial charge on any atom is -0.394 e. The molecule has 2 saturated heterocycles. The molecule has 2 aliphatic rings. The molecule has 6 nitrogen and oxygen atoms in total. The van der Waals surface area contributed by atoms with Gasteiger partial charge in [-0.15, -0.1) is 0 Å². The van der Waals surface area contributed by atoms with Gasteiger partial charge in [0.1, 0.15) is 24.4 Å². The number of aliphatic hydroxyl groups is 2. The van der Waals surface area contributed by atoms with Crippen molar-refractivity contribution < 1.29 is 29.2 Å². The molecule has 2 heterocycles. The van der Waals surface area contributed by atoms with Crippen molar-refractivity contribution in [1.82, 2.24) is 0 Å².